The standard InChI is InChI=1S/C22H20Cl2N4OS2/c1-29-12-4-11-28-20(18-5-2-3-6-19(18)24)26-27-22(28)31-14-17-13-30-21(25-17)15-7-9-16(23)10-8-15/h2-3,5-10,13H,4,11-12,14H2,1H3. The van der Waals surface area contributed by atoms with Crippen LogP contribution in [0.3, 0.4) is 0 Å². The van der Waals surface area contributed by atoms with E-state index in [9.17, 15) is 0 Å². The van der Waals surface area contributed by atoms with E-state index in [0.717, 1.165) is 50.8 Å². The molecule has 2 aromatic heterocycles. The van der Waals surface area contributed by atoms with Gasteiger partial charge in [0.2, 0.25) is 0 Å². The van der Waals surface area contributed by atoms with Crippen molar-refractivity contribution in [3.63, 3.8) is 0 Å². The minimum absolute atomic E-state index is 0.659. The molecule has 0 radical (unpaired) electrons. The Morgan fingerprint density at radius 1 is 1.06 bits per heavy atom. The number of rotatable bonds is 9. The van der Waals surface area contributed by atoms with Gasteiger partial charge in [0.25, 0.3) is 0 Å². The van der Waals surface area contributed by atoms with Crippen molar-refractivity contribution in [3.05, 3.63) is 69.7 Å². The van der Waals surface area contributed by atoms with Gasteiger partial charge in [0, 0.05) is 47.5 Å². The van der Waals surface area contributed by atoms with Gasteiger partial charge in [-0.2, -0.15) is 0 Å². The topological polar surface area (TPSA) is 52.8 Å². The van der Waals surface area contributed by atoms with Gasteiger partial charge < -0.3 is 9.30 Å². The number of thiazole rings is 1. The Kier molecular flexibility index (Phi) is 7.63. The third-order valence-electron chi connectivity index (χ3n) is 4.55. The largest absolute Gasteiger partial charge is 0.385 e. The van der Waals surface area contributed by atoms with Gasteiger partial charge in [0.15, 0.2) is 11.0 Å². The zero-order chi connectivity index (χ0) is 21.6. The van der Waals surface area contributed by atoms with Crippen molar-refractivity contribution in [1.29, 1.82) is 0 Å². The molecule has 9 heteroatoms. The molecule has 2 aromatic carbocycles. The Morgan fingerprint density at radius 3 is 2.65 bits per heavy atom. The Bertz CT molecular complexity index is 1140. The molecule has 0 fully saturated rings. The molecule has 0 saturated carbocycles. The van der Waals surface area contributed by atoms with Crippen LogP contribution in [0.5, 0.6) is 0 Å². The van der Waals surface area contributed by atoms with Crippen LogP contribution in [0.1, 0.15) is 12.1 Å². The summed E-state index contributed by atoms with van der Waals surface area (Å²) in [4.78, 5) is 4.77. The monoisotopic (exact) mass is 490 g/mol. The summed E-state index contributed by atoms with van der Waals surface area (Å²) in [5, 5.41) is 14.2. The molecule has 0 amide bonds. The van der Waals surface area contributed by atoms with E-state index in [1.165, 1.54) is 0 Å². The van der Waals surface area contributed by atoms with Crippen molar-refractivity contribution < 1.29 is 4.74 Å². The van der Waals surface area contributed by atoms with E-state index >= 15 is 0 Å². The number of hydrogen-bond acceptors (Lipinski definition) is 6. The molecule has 4 rings (SSSR count). The lowest BCUT2D eigenvalue weighted by Gasteiger charge is -2.10. The van der Waals surface area contributed by atoms with Crippen LogP contribution in [0.15, 0.2) is 59.1 Å². The lowest BCUT2D eigenvalue weighted by Crippen LogP contribution is -2.05. The average Bonchev–Trinajstić information content (AvgIpc) is 3.41. The van der Waals surface area contributed by atoms with Crippen molar-refractivity contribution in [2.75, 3.05) is 13.7 Å². The van der Waals surface area contributed by atoms with E-state index in [1.807, 2.05) is 48.5 Å². The summed E-state index contributed by atoms with van der Waals surface area (Å²) < 4.78 is 7.34. The molecule has 0 spiro atoms. The summed E-state index contributed by atoms with van der Waals surface area (Å²) in [5.74, 6) is 1.47. The zero-order valence-corrected chi connectivity index (χ0v) is 19.9. The van der Waals surface area contributed by atoms with Gasteiger partial charge in [-0.25, -0.2) is 4.98 Å². The van der Waals surface area contributed by atoms with Crippen LogP contribution in [0.25, 0.3) is 22.0 Å². The first-order valence-corrected chi connectivity index (χ1v) is 12.3. The fourth-order valence-corrected chi connectivity index (χ4v) is 5.18. The van der Waals surface area contributed by atoms with Crippen molar-refractivity contribution in [1.82, 2.24) is 19.7 Å². The van der Waals surface area contributed by atoms with E-state index in [0.29, 0.717) is 17.4 Å². The molecule has 0 saturated heterocycles. The van der Waals surface area contributed by atoms with Crippen LogP contribution in [-0.2, 0) is 17.0 Å². The molecular formula is C22H20Cl2N4OS2. The lowest BCUT2D eigenvalue weighted by molar-refractivity contribution is 0.189. The first-order chi connectivity index (χ1) is 15.2. The number of halogens is 2. The maximum Gasteiger partial charge on any atom is 0.191 e. The summed E-state index contributed by atoms with van der Waals surface area (Å²) >= 11 is 15.6. The normalized spacial score (nSPS) is 11.2. The number of ether oxygens (including phenoxy) is 1. The fraction of sp³-hybridized carbons (Fsp3) is 0.227. The first-order valence-electron chi connectivity index (χ1n) is 9.66. The van der Waals surface area contributed by atoms with E-state index in [-0.39, 0.29) is 0 Å². The highest BCUT2D eigenvalue weighted by Crippen LogP contribution is 2.32. The molecule has 0 N–H and O–H groups in total. The van der Waals surface area contributed by atoms with Gasteiger partial charge in [0.1, 0.15) is 5.01 Å². The van der Waals surface area contributed by atoms with Crippen LogP contribution in [0.2, 0.25) is 10.0 Å². The molecule has 2 heterocycles. The zero-order valence-electron chi connectivity index (χ0n) is 16.8. The van der Waals surface area contributed by atoms with Gasteiger partial charge in [-0.3, -0.25) is 0 Å². The first kappa shape index (κ1) is 22.3. The highest BCUT2D eigenvalue weighted by atomic mass is 35.5. The number of hydrogen-bond donors (Lipinski definition) is 0. The van der Waals surface area contributed by atoms with E-state index in [1.54, 1.807) is 30.2 Å². The van der Waals surface area contributed by atoms with Crippen LogP contribution in [-0.4, -0.2) is 33.5 Å². The number of nitrogens with zero attached hydrogens (tertiary/aromatic N) is 4. The van der Waals surface area contributed by atoms with Crippen molar-refractivity contribution >= 4 is 46.3 Å². The molecule has 160 valence electrons. The molecule has 0 aliphatic rings. The molecule has 4 aromatic rings. The highest BCUT2D eigenvalue weighted by molar-refractivity contribution is 7.98. The lowest BCUT2D eigenvalue weighted by atomic mass is 10.2. The van der Waals surface area contributed by atoms with Crippen molar-refractivity contribution in [2.45, 2.75) is 23.9 Å². The fourth-order valence-electron chi connectivity index (χ4n) is 3.04. The Morgan fingerprint density at radius 2 is 1.87 bits per heavy atom. The molecule has 0 bridgehead atoms. The molecular weight excluding hydrogens is 471 g/mol. The molecule has 0 atom stereocenters. The summed E-state index contributed by atoms with van der Waals surface area (Å²) in [6.07, 6.45) is 0.858. The quantitative estimate of drug-likeness (QED) is 0.193. The van der Waals surface area contributed by atoms with Gasteiger partial charge in [-0.05, 0) is 30.7 Å². The summed E-state index contributed by atoms with van der Waals surface area (Å²) in [5.41, 5.74) is 2.94. The number of benzene rings is 2. The van der Waals surface area contributed by atoms with E-state index in [2.05, 4.69) is 20.1 Å². The second-order valence-corrected chi connectivity index (χ2v) is 9.37. The number of thioether (sulfide) groups is 1. The second kappa shape index (κ2) is 10.6. The van der Waals surface area contributed by atoms with Gasteiger partial charge >= 0.3 is 0 Å². The Hall–Kier alpha value is -1.90. The molecule has 0 aliphatic carbocycles. The minimum Gasteiger partial charge on any atom is -0.385 e. The molecule has 0 unspecified atom stereocenters. The Balaban J connectivity index is 1.53. The van der Waals surface area contributed by atoms with Crippen LogP contribution in [0, 0.1) is 0 Å². The predicted octanol–water partition coefficient (Wildman–Crippen LogP) is 6.70. The van der Waals surface area contributed by atoms with Crippen LogP contribution >= 0.6 is 46.3 Å². The highest BCUT2D eigenvalue weighted by Gasteiger charge is 2.17. The Labute approximate surface area is 199 Å². The predicted molar refractivity (Wildman–Crippen MR) is 129 cm³/mol. The minimum atomic E-state index is 0.659. The van der Waals surface area contributed by atoms with Gasteiger partial charge in [-0.15, -0.1) is 21.5 Å². The smallest absolute Gasteiger partial charge is 0.191 e. The van der Waals surface area contributed by atoms with Crippen molar-refractivity contribution in [2.24, 2.45) is 0 Å². The summed E-state index contributed by atoms with van der Waals surface area (Å²) in [7, 11) is 1.71. The maximum absolute atomic E-state index is 6.42. The third kappa shape index (κ3) is 5.48. The molecule has 31 heavy (non-hydrogen) atoms. The van der Waals surface area contributed by atoms with Crippen LogP contribution < -0.4 is 0 Å². The van der Waals surface area contributed by atoms with Crippen molar-refractivity contribution in [3.8, 4) is 22.0 Å². The van der Waals surface area contributed by atoms with E-state index in [4.69, 9.17) is 32.9 Å². The van der Waals surface area contributed by atoms with Gasteiger partial charge in [0.05, 0.1) is 10.7 Å². The third-order valence-corrected chi connectivity index (χ3v) is 7.08. The maximum atomic E-state index is 6.42. The van der Waals surface area contributed by atoms with E-state index < -0.39 is 0 Å². The average molecular weight is 491 g/mol. The summed E-state index contributed by atoms with van der Waals surface area (Å²) in [6.45, 7) is 1.41. The molecule has 5 nitrogen and oxygen atoms in total. The SMILES string of the molecule is COCCCn1c(SCc2csc(-c3ccc(Cl)cc3)n2)nnc1-c1ccccc1Cl. The summed E-state index contributed by atoms with van der Waals surface area (Å²) in [6, 6.07) is 15.4. The number of aromatic nitrogens is 4. The number of methoxy groups -OCH3 is 1. The second-order valence-electron chi connectivity index (χ2n) is 6.72. The molecule has 0 aliphatic heterocycles. The van der Waals surface area contributed by atoms with Crippen LogP contribution in [0.4, 0.5) is 0 Å². The van der Waals surface area contributed by atoms with Gasteiger partial charge in [-0.1, -0.05) is 59.2 Å².